The number of piperidine rings is 1. The zero-order valence-corrected chi connectivity index (χ0v) is 12.7. The van der Waals surface area contributed by atoms with Gasteiger partial charge in [0.1, 0.15) is 6.61 Å². The van der Waals surface area contributed by atoms with Crippen molar-refractivity contribution in [3.8, 4) is 0 Å². The van der Waals surface area contributed by atoms with Crippen molar-refractivity contribution in [2.75, 3.05) is 19.7 Å². The first kappa shape index (κ1) is 16.1. The van der Waals surface area contributed by atoms with E-state index in [-0.39, 0.29) is 24.6 Å². The molecular weight excluding hydrogens is 280 g/mol. The molecule has 0 bridgehead atoms. The summed E-state index contributed by atoms with van der Waals surface area (Å²) in [7, 11) is 0. The number of benzene rings is 1. The number of nitrogens with one attached hydrogen (secondary N) is 1. The second-order valence-electron chi connectivity index (χ2n) is 5.36. The van der Waals surface area contributed by atoms with Crippen molar-refractivity contribution in [1.29, 1.82) is 0 Å². The molecule has 0 aliphatic carbocycles. The van der Waals surface area contributed by atoms with Crippen LogP contribution in [0.15, 0.2) is 43.0 Å². The molecular formula is C17H22N2O3. The van der Waals surface area contributed by atoms with E-state index in [1.165, 1.54) is 0 Å². The molecule has 1 aliphatic rings. The average Bonchev–Trinajstić information content (AvgIpc) is 2.54. The van der Waals surface area contributed by atoms with Gasteiger partial charge in [-0.15, -0.1) is 0 Å². The van der Waals surface area contributed by atoms with Crippen LogP contribution in [-0.4, -0.2) is 42.6 Å². The lowest BCUT2D eigenvalue weighted by Crippen LogP contribution is -2.47. The molecule has 1 saturated heterocycles. The smallest absolute Gasteiger partial charge is 0.410 e. The number of likely N-dealkylation sites (tertiary alicyclic amines) is 1. The highest BCUT2D eigenvalue weighted by Crippen LogP contribution is 2.12. The third kappa shape index (κ3) is 4.91. The molecule has 2 rings (SSSR count). The van der Waals surface area contributed by atoms with Gasteiger partial charge < -0.3 is 15.0 Å². The molecule has 2 amide bonds. The highest BCUT2D eigenvalue weighted by Gasteiger charge is 2.24. The summed E-state index contributed by atoms with van der Waals surface area (Å²) in [5.41, 5.74) is 1.01. The largest absolute Gasteiger partial charge is 0.445 e. The van der Waals surface area contributed by atoms with Crippen molar-refractivity contribution >= 4 is 12.0 Å². The van der Waals surface area contributed by atoms with E-state index in [0.717, 1.165) is 18.4 Å². The Bertz CT molecular complexity index is 508. The minimum absolute atomic E-state index is 0.0267. The Labute approximate surface area is 130 Å². The summed E-state index contributed by atoms with van der Waals surface area (Å²) >= 11 is 0. The molecule has 0 radical (unpaired) electrons. The van der Waals surface area contributed by atoms with Crippen LogP contribution in [0.5, 0.6) is 0 Å². The van der Waals surface area contributed by atoms with Crippen LogP contribution in [0, 0.1) is 0 Å². The van der Waals surface area contributed by atoms with Gasteiger partial charge in [0.15, 0.2) is 0 Å². The van der Waals surface area contributed by atoms with Gasteiger partial charge in [0.25, 0.3) is 0 Å². The predicted molar refractivity (Wildman–Crippen MR) is 84.4 cm³/mol. The molecule has 1 fully saturated rings. The van der Waals surface area contributed by atoms with Crippen LogP contribution in [0.25, 0.3) is 0 Å². The van der Waals surface area contributed by atoms with Gasteiger partial charge in [-0.3, -0.25) is 4.79 Å². The molecule has 0 spiro atoms. The minimum Gasteiger partial charge on any atom is -0.445 e. The first-order chi connectivity index (χ1) is 10.7. The number of hydrogen-bond acceptors (Lipinski definition) is 3. The molecule has 1 aliphatic heterocycles. The molecule has 1 heterocycles. The molecule has 118 valence electrons. The second-order valence-corrected chi connectivity index (χ2v) is 5.36. The molecule has 5 nitrogen and oxygen atoms in total. The quantitative estimate of drug-likeness (QED) is 0.848. The Morgan fingerprint density at radius 1 is 1.27 bits per heavy atom. The molecule has 1 aromatic rings. The first-order valence-electron chi connectivity index (χ1n) is 7.55. The molecule has 0 atom stereocenters. The van der Waals surface area contributed by atoms with Crippen molar-refractivity contribution in [3.63, 3.8) is 0 Å². The molecule has 0 aromatic heterocycles. The number of carbonyl (C=O) groups is 2. The zero-order chi connectivity index (χ0) is 15.8. The van der Waals surface area contributed by atoms with E-state index in [0.29, 0.717) is 19.5 Å². The van der Waals surface area contributed by atoms with E-state index >= 15 is 0 Å². The molecule has 5 heteroatoms. The number of rotatable bonds is 5. The SMILES string of the molecule is C=CCOC(=O)N1CCC(NC(=O)Cc2ccccc2)CC1. The summed E-state index contributed by atoms with van der Waals surface area (Å²) in [6.07, 6.45) is 3.14. The van der Waals surface area contributed by atoms with Crippen molar-refractivity contribution in [1.82, 2.24) is 10.2 Å². The second kappa shape index (κ2) is 8.22. The minimum atomic E-state index is -0.311. The maximum Gasteiger partial charge on any atom is 0.410 e. The topological polar surface area (TPSA) is 58.6 Å². The van der Waals surface area contributed by atoms with Gasteiger partial charge >= 0.3 is 6.09 Å². The van der Waals surface area contributed by atoms with Crippen molar-refractivity contribution in [2.45, 2.75) is 25.3 Å². The fraction of sp³-hybridized carbons (Fsp3) is 0.412. The summed E-state index contributed by atoms with van der Waals surface area (Å²) in [6.45, 7) is 4.95. The maximum absolute atomic E-state index is 12.0. The highest BCUT2D eigenvalue weighted by molar-refractivity contribution is 5.78. The number of hydrogen-bond donors (Lipinski definition) is 1. The lowest BCUT2D eigenvalue weighted by atomic mass is 10.0. The van der Waals surface area contributed by atoms with Crippen LogP contribution >= 0.6 is 0 Å². The van der Waals surface area contributed by atoms with E-state index in [1.54, 1.807) is 11.0 Å². The van der Waals surface area contributed by atoms with Crippen molar-refractivity contribution < 1.29 is 14.3 Å². The number of carbonyl (C=O) groups excluding carboxylic acids is 2. The van der Waals surface area contributed by atoms with E-state index < -0.39 is 0 Å². The monoisotopic (exact) mass is 302 g/mol. The summed E-state index contributed by atoms with van der Waals surface area (Å²) in [6, 6.07) is 9.80. The van der Waals surface area contributed by atoms with Crippen LogP contribution in [-0.2, 0) is 16.0 Å². The van der Waals surface area contributed by atoms with Crippen LogP contribution in [0.2, 0.25) is 0 Å². The van der Waals surface area contributed by atoms with Crippen LogP contribution in [0.1, 0.15) is 18.4 Å². The Balaban J connectivity index is 1.72. The van der Waals surface area contributed by atoms with Gasteiger partial charge in [0.2, 0.25) is 5.91 Å². The summed E-state index contributed by atoms with van der Waals surface area (Å²) in [4.78, 5) is 25.4. The van der Waals surface area contributed by atoms with Crippen molar-refractivity contribution in [3.05, 3.63) is 48.6 Å². The third-order valence-electron chi connectivity index (χ3n) is 3.65. The predicted octanol–water partition coefficient (Wildman–Crippen LogP) is 2.13. The van der Waals surface area contributed by atoms with Gasteiger partial charge in [-0.05, 0) is 18.4 Å². The number of nitrogens with zero attached hydrogens (tertiary/aromatic N) is 1. The van der Waals surface area contributed by atoms with E-state index in [4.69, 9.17) is 4.74 Å². The molecule has 1 N–H and O–H groups in total. The fourth-order valence-electron chi connectivity index (χ4n) is 2.49. The standard InChI is InChI=1S/C17H22N2O3/c1-2-12-22-17(21)19-10-8-15(9-11-19)18-16(20)13-14-6-4-3-5-7-14/h2-7,15H,1,8-13H2,(H,18,20). The molecule has 22 heavy (non-hydrogen) atoms. The van der Waals surface area contributed by atoms with E-state index in [2.05, 4.69) is 11.9 Å². The Morgan fingerprint density at radius 3 is 2.59 bits per heavy atom. The number of amides is 2. The van der Waals surface area contributed by atoms with Gasteiger partial charge in [-0.25, -0.2) is 4.79 Å². The molecule has 0 saturated carbocycles. The van der Waals surface area contributed by atoms with Crippen LogP contribution in [0.4, 0.5) is 4.79 Å². The maximum atomic E-state index is 12.0. The normalized spacial score (nSPS) is 15.2. The average molecular weight is 302 g/mol. The fourth-order valence-corrected chi connectivity index (χ4v) is 2.49. The van der Waals surface area contributed by atoms with E-state index in [9.17, 15) is 9.59 Å². The van der Waals surface area contributed by atoms with Crippen LogP contribution < -0.4 is 5.32 Å². The lowest BCUT2D eigenvalue weighted by molar-refractivity contribution is -0.121. The van der Waals surface area contributed by atoms with Crippen LogP contribution in [0.3, 0.4) is 0 Å². The van der Waals surface area contributed by atoms with Crippen molar-refractivity contribution in [2.24, 2.45) is 0 Å². The Kier molecular flexibility index (Phi) is 6.01. The first-order valence-corrected chi connectivity index (χ1v) is 7.55. The summed E-state index contributed by atoms with van der Waals surface area (Å²) < 4.78 is 5.01. The Morgan fingerprint density at radius 2 is 1.95 bits per heavy atom. The zero-order valence-electron chi connectivity index (χ0n) is 12.7. The summed E-state index contributed by atoms with van der Waals surface area (Å²) in [5, 5.41) is 3.04. The number of ether oxygens (including phenoxy) is 1. The summed E-state index contributed by atoms with van der Waals surface area (Å²) in [5.74, 6) is 0.0267. The lowest BCUT2D eigenvalue weighted by Gasteiger charge is -2.31. The Hall–Kier alpha value is -2.30. The third-order valence-corrected chi connectivity index (χ3v) is 3.65. The van der Waals surface area contributed by atoms with Gasteiger partial charge in [-0.2, -0.15) is 0 Å². The highest BCUT2D eigenvalue weighted by atomic mass is 16.6. The van der Waals surface area contributed by atoms with Gasteiger partial charge in [0.05, 0.1) is 6.42 Å². The molecule has 1 aromatic carbocycles. The molecule has 0 unspecified atom stereocenters. The van der Waals surface area contributed by atoms with E-state index in [1.807, 2.05) is 30.3 Å². The van der Waals surface area contributed by atoms with Gasteiger partial charge in [-0.1, -0.05) is 43.0 Å². The van der Waals surface area contributed by atoms with Gasteiger partial charge in [0, 0.05) is 19.1 Å².